The first-order chi connectivity index (χ1) is 13.8. The summed E-state index contributed by atoms with van der Waals surface area (Å²) >= 11 is 0. The van der Waals surface area contributed by atoms with Gasteiger partial charge in [-0.1, -0.05) is 30.3 Å². The normalized spacial score (nSPS) is 11.2. The fraction of sp³-hybridized carbons (Fsp3) is 0.208. The van der Waals surface area contributed by atoms with E-state index in [1.54, 1.807) is 12.1 Å². The Bertz CT molecular complexity index is 1040. The van der Waals surface area contributed by atoms with Crippen molar-refractivity contribution >= 4 is 10.9 Å². The van der Waals surface area contributed by atoms with Crippen molar-refractivity contribution in [2.24, 2.45) is 0 Å². The average Bonchev–Trinajstić information content (AvgIpc) is 3.14. The van der Waals surface area contributed by atoms with Gasteiger partial charge in [-0.3, -0.25) is 4.98 Å². The number of nitrogens with one attached hydrogen (secondary N) is 2. The highest BCUT2D eigenvalue weighted by atomic mass is 19.1. The predicted molar refractivity (Wildman–Crippen MR) is 113 cm³/mol. The van der Waals surface area contributed by atoms with E-state index in [0.29, 0.717) is 0 Å². The fourth-order valence-corrected chi connectivity index (χ4v) is 3.52. The molecule has 2 N–H and O–H groups in total. The standard InChI is InChI=1S/C24H24FN3/c25-22-10-8-19(9-11-22)21-13-18(15-27-16-21)14-26-12-4-3-5-20-17-28-24-7-2-1-6-23(20)24/h1-2,6-11,13,15-17,26,28H,3-5,12,14H2. The van der Waals surface area contributed by atoms with Crippen LogP contribution in [-0.4, -0.2) is 16.5 Å². The minimum absolute atomic E-state index is 0.220. The number of pyridine rings is 1. The second-order valence-electron chi connectivity index (χ2n) is 7.08. The molecule has 3 nitrogen and oxygen atoms in total. The van der Waals surface area contributed by atoms with Crippen LogP contribution in [0.25, 0.3) is 22.0 Å². The lowest BCUT2D eigenvalue weighted by atomic mass is 10.1. The van der Waals surface area contributed by atoms with Crippen molar-refractivity contribution in [3.63, 3.8) is 0 Å². The number of hydrogen-bond acceptors (Lipinski definition) is 2. The van der Waals surface area contributed by atoms with Crippen LogP contribution in [0.4, 0.5) is 4.39 Å². The average molecular weight is 373 g/mol. The highest BCUT2D eigenvalue weighted by molar-refractivity contribution is 5.83. The molecule has 0 aliphatic rings. The summed E-state index contributed by atoms with van der Waals surface area (Å²) in [5.41, 5.74) is 5.74. The maximum absolute atomic E-state index is 13.1. The number of unbranched alkanes of at least 4 members (excludes halogenated alkanes) is 1. The third-order valence-electron chi connectivity index (χ3n) is 5.03. The van der Waals surface area contributed by atoms with Gasteiger partial charge in [-0.05, 0) is 66.8 Å². The molecule has 2 aromatic carbocycles. The molecule has 0 saturated heterocycles. The van der Waals surface area contributed by atoms with Gasteiger partial charge < -0.3 is 10.3 Å². The number of hydrogen-bond donors (Lipinski definition) is 2. The number of para-hydroxylation sites is 1. The lowest BCUT2D eigenvalue weighted by Crippen LogP contribution is -2.15. The fourth-order valence-electron chi connectivity index (χ4n) is 3.52. The maximum Gasteiger partial charge on any atom is 0.123 e. The van der Waals surface area contributed by atoms with E-state index in [0.717, 1.165) is 49.0 Å². The smallest absolute Gasteiger partial charge is 0.123 e. The van der Waals surface area contributed by atoms with Crippen molar-refractivity contribution < 1.29 is 4.39 Å². The Kier molecular flexibility index (Phi) is 5.78. The van der Waals surface area contributed by atoms with Gasteiger partial charge in [-0.15, -0.1) is 0 Å². The molecule has 0 aliphatic heterocycles. The van der Waals surface area contributed by atoms with Crippen molar-refractivity contribution in [1.29, 1.82) is 0 Å². The molecule has 0 bridgehead atoms. The van der Waals surface area contributed by atoms with Crippen molar-refractivity contribution in [3.8, 4) is 11.1 Å². The number of fused-ring (bicyclic) bond motifs is 1. The Balaban J connectivity index is 1.23. The zero-order chi connectivity index (χ0) is 19.2. The minimum Gasteiger partial charge on any atom is -0.361 e. The van der Waals surface area contributed by atoms with Gasteiger partial charge in [0.1, 0.15) is 5.82 Å². The van der Waals surface area contributed by atoms with Crippen molar-refractivity contribution in [3.05, 3.63) is 90.1 Å². The summed E-state index contributed by atoms with van der Waals surface area (Å²) in [6.07, 6.45) is 9.20. The van der Waals surface area contributed by atoms with Crippen molar-refractivity contribution in [2.75, 3.05) is 6.54 Å². The first-order valence-electron chi connectivity index (χ1n) is 9.75. The van der Waals surface area contributed by atoms with Crippen LogP contribution in [0.2, 0.25) is 0 Å². The van der Waals surface area contributed by atoms with Crippen LogP contribution in [0.3, 0.4) is 0 Å². The van der Waals surface area contributed by atoms with Crippen molar-refractivity contribution in [1.82, 2.24) is 15.3 Å². The number of aryl methyl sites for hydroxylation is 1. The quantitative estimate of drug-likeness (QED) is 0.401. The van der Waals surface area contributed by atoms with Gasteiger partial charge in [0.25, 0.3) is 0 Å². The van der Waals surface area contributed by atoms with E-state index in [9.17, 15) is 4.39 Å². The van der Waals surface area contributed by atoms with E-state index in [4.69, 9.17) is 0 Å². The zero-order valence-corrected chi connectivity index (χ0v) is 15.8. The number of rotatable bonds is 8. The molecular formula is C24H24FN3. The molecule has 0 saturated carbocycles. The Labute approximate surface area is 164 Å². The molecule has 0 spiro atoms. The SMILES string of the molecule is Fc1ccc(-c2cncc(CNCCCCc3c[nH]c4ccccc34)c2)cc1. The van der Waals surface area contributed by atoms with Gasteiger partial charge >= 0.3 is 0 Å². The zero-order valence-electron chi connectivity index (χ0n) is 15.8. The number of halogens is 1. The topological polar surface area (TPSA) is 40.7 Å². The molecule has 4 heteroatoms. The minimum atomic E-state index is -0.220. The Morgan fingerprint density at radius 2 is 1.79 bits per heavy atom. The van der Waals surface area contributed by atoms with Gasteiger partial charge in [0, 0.05) is 41.6 Å². The molecule has 2 heterocycles. The molecule has 4 aromatic rings. The first-order valence-corrected chi connectivity index (χ1v) is 9.75. The van der Waals surface area contributed by atoms with Gasteiger partial charge in [-0.2, -0.15) is 0 Å². The van der Waals surface area contributed by atoms with E-state index in [2.05, 4.69) is 51.8 Å². The molecule has 28 heavy (non-hydrogen) atoms. The van der Waals surface area contributed by atoms with Crippen LogP contribution < -0.4 is 5.32 Å². The Hall–Kier alpha value is -2.98. The number of nitrogens with zero attached hydrogens (tertiary/aromatic N) is 1. The van der Waals surface area contributed by atoms with Crippen LogP contribution in [0.5, 0.6) is 0 Å². The molecule has 0 aliphatic carbocycles. The summed E-state index contributed by atoms with van der Waals surface area (Å²) in [6, 6.07) is 17.1. The van der Waals surface area contributed by atoms with Crippen LogP contribution in [0.1, 0.15) is 24.0 Å². The van der Waals surface area contributed by atoms with E-state index in [1.165, 1.54) is 28.6 Å². The summed E-state index contributed by atoms with van der Waals surface area (Å²) in [6.45, 7) is 1.76. The molecular weight excluding hydrogens is 349 g/mol. The first kappa shape index (κ1) is 18.4. The molecule has 4 rings (SSSR count). The number of aromatic amines is 1. The summed E-state index contributed by atoms with van der Waals surface area (Å²) in [4.78, 5) is 7.66. The van der Waals surface area contributed by atoms with Gasteiger partial charge in [0.05, 0.1) is 0 Å². The molecule has 0 atom stereocenters. The lowest BCUT2D eigenvalue weighted by Gasteiger charge is -2.07. The summed E-state index contributed by atoms with van der Waals surface area (Å²) in [7, 11) is 0. The van der Waals surface area contributed by atoms with Crippen LogP contribution in [-0.2, 0) is 13.0 Å². The van der Waals surface area contributed by atoms with Gasteiger partial charge in [-0.25, -0.2) is 4.39 Å². The lowest BCUT2D eigenvalue weighted by molar-refractivity contribution is 0.623. The van der Waals surface area contributed by atoms with Crippen molar-refractivity contribution in [2.45, 2.75) is 25.8 Å². The largest absolute Gasteiger partial charge is 0.361 e. The predicted octanol–water partition coefficient (Wildman–Crippen LogP) is 5.48. The van der Waals surface area contributed by atoms with Crippen LogP contribution in [0.15, 0.2) is 73.2 Å². The summed E-state index contributed by atoms with van der Waals surface area (Å²) in [5.74, 6) is -0.220. The summed E-state index contributed by atoms with van der Waals surface area (Å²) < 4.78 is 13.1. The third kappa shape index (κ3) is 4.46. The van der Waals surface area contributed by atoms with E-state index >= 15 is 0 Å². The Morgan fingerprint density at radius 1 is 0.929 bits per heavy atom. The second-order valence-corrected chi connectivity index (χ2v) is 7.08. The molecule has 0 unspecified atom stereocenters. The highest BCUT2D eigenvalue weighted by Crippen LogP contribution is 2.20. The highest BCUT2D eigenvalue weighted by Gasteiger charge is 2.03. The second kappa shape index (κ2) is 8.81. The number of benzene rings is 2. The van der Waals surface area contributed by atoms with Crippen LogP contribution in [0, 0.1) is 5.82 Å². The maximum atomic E-state index is 13.1. The molecule has 0 amide bonds. The molecule has 142 valence electrons. The van der Waals surface area contributed by atoms with E-state index < -0.39 is 0 Å². The van der Waals surface area contributed by atoms with Gasteiger partial charge in [0.15, 0.2) is 0 Å². The monoisotopic (exact) mass is 373 g/mol. The number of aromatic nitrogens is 2. The molecule has 2 aromatic heterocycles. The number of H-pyrrole nitrogens is 1. The van der Waals surface area contributed by atoms with E-state index in [-0.39, 0.29) is 5.82 Å². The summed E-state index contributed by atoms with van der Waals surface area (Å²) in [5, 5.41) is 4.83. The van der Waals surface area contributed by atoms with Gasteiger partial charge in [0.2, 0.25) is 0 Å². The third-order valence-corrected chi connectivity index (χ3v) is 5.03. The van der Waals surface area contributed by atoms with E-state index in [1.807, 2.05) is 12.4 Å². The molecule has 0 radical (unpaired) electrons. The van der Waals surface area contributed by atoms with Crippen LogP contribution >= 0.6 is 0 Å². The Morgan fingerprint density at radius 3 is 2.68 bits per heavy atom. The molecule has 0 fully saturated rings.